The molecule has 0 unspecified atom stereocenters. The van der Waals surface area contributed by atoms with Gasteiger partial charge in [0.25, 0.3) is 5.91 Å². The maximum atomic E-state index is 13.1. The van der Waals surface area contributed by atoms with E-state index < -0.39 is 0 Å². The molecule has 1 amide bonds. The van der Waals surface area contributed by atoms with Gasteiger partial charge >= 0.3 is 0 Å². The van der Waals surface area contributed by atoms with Crippen molar-refractivity contribution in [3.8, 4) is 11.3 Å². The maximum Gasteiger partial charge on any atom is 0.256 e. The van der Waals surface area contributed by atoms with Gasteiger partial charge in [-0.15, -0.1) is 16.8 Å². The molecule has 2 fully saturated rings. The van der Waals surface area contributed by atoms with Crippen LogP contribution in [0, 0.1) is 6.92 Å². The second kappa shape index (κ2) is 8.31. The molecule has 0 saturated carbocycles. The summed E-state index contributed by atoms with van der Waals surface area (Å²) in [6.45, 7) is 5.65. The number of carbonyl (C=O) groups is 1. The van der Waals surface area contributed by atoms with Crippen molar-refractivity contribution in [3.63, 3.8) is 0 Å². The summed E-state index contributed by atoms with van der Waals surface area (Å²) in [6.07, 6.45) is 10.8. The first-order valence-corrected chi connectivity index (χ1v) is 13.0. The summed E-state index contributed by atoms with van der Waals surface area (Å²) in [5, 5.41) is 7.42. The molecule has 33 heavy (non-hydrogen) atoms. The first-order valence-electron chi connectivity index (χ1n) is 11.9. The summed E-state index contributed by atoms with van der Waals surface area (Å²) >= 11 is 1.84. The van der Waals surface area contributed by atoms with E-state index in [4.69, 9.17) is 5.10 Å². The SMILES string of the molecule is Cc1cc(-c2ccccc2)n(C2CCN([N@@+]34C=CC=C3C=C(C(=O)N3CCSC3)C4)CC2)n1. The summed E-state index contributed by atoms with van der Waals surface area (Å²) in [5.41, 5.74) is 5.67. The number of fused-ring (bicyclic) bond motifs is 1. The van der Waals surface area contributed by atoms with Gasteiger partial charge < -0.3 is 4.90 Å². The normalized spacial score (nSPS) is 25.4. The van der Waals surface area contributed by atoms with Crippen LogP contribution in [0.15, 0.2) is 72.1 Å². The van der Waals surface area contributed by atoms with Crippen LogP contribution < -0.4 is 0 Å². The van der Waals surface area contributed by atoms with Crippen molar-refractivity contribution in [1.82, 2.24) is 19.7 Å². The van der Waals surface area contributed by atoms with Crippen LogP contribution in [0.1, 0.15) is 24.6 Å². The second-order valence-corrected chi connectivity index (χ2v) is 10.4. The van der Waals surface area contributed by atoms with Crippen LogP contribution in [-0.2, 0) is 4.79 Å². The molecule has 2 saturated heterocycles. The highest BCUT2D eigenvalue weighted by Crippen LogP contribution is 2.40. The molecule has 7 heteroatoms. The fourth-order valence-electron chi connectivity index (χ4n) is 5.62. The predicted molar refractivity (Wildman–Crippen MR) is 132 cm³/mol. The molecule has 1 aromatic heterocycles. The fraction of sp³-hybridized carbons (Fsp3) is 0.385. The van der Waals surface area contributed by atoms with Crippen molar-refractivity contribution in [2.75, 3.05) is 37.8 Å². The highest BCUT2D eigenvalue weighted by atomic mass is 32.2. The van der Waals surface area contributed by atoms with Crippen molar-refractivity contribution in [2.24, 2.45) is 0 Å². The van der Waals surface area contributed by atoms with Gasteiger partial charge in [-0.1, -0.05) is 30.3 Å². The highest BCUT2D eigenvalue weighted by Gasteiger charge is 2.48. The minimum atomic E-state index is 0.218. The summed E-state index contributed by atoms with van der Waals surface area (Å²) in [6, 6.07) is 13.2. The number of piperidine rings is 1. The van der Waals surface area contributed by atoms with E-state index in [1.165, 1.54) is 17.0 Å². The summed E-state index contributed by atoms with van der Waals surface area (Å²) < 4.78 is 2.93. The van der Waals surface area contributed by atoms with Crippen molar-refractivity contribution >= 4 is 17.7 Å². The van der Waals surface area contributed by atoms with Crippen LogP contribution in [0.3, 0.4) is 0 Å². The number of nitrogens with zero attached hydrogens (tertiary/aromatic N) is 5. The fourth-order valence-corrected chi connectivity index (χ4v) is 6.57. The first kappa shape index (κ1) is 21.0. The van der Waals surface area contributed by atoms with E-state index in [1.54, 1.807) is 0 Å². The lowest BCUT2D eigenvalue weighted by Crippen LogP contribution is -2.56. The first-order chi connectivity index (χ1) is 16.1. The van der Waals surface area contributed by atoms with Crippen molar-refractivity contribution in [1.29, 1.82) is 0 Å². The smallest absolute Gasteiger partial charge is 0.256 e. The number of carbonyl (C=O) groups excluding carboxylic acids is 1. The third-order valence-corrected chi connectivity index (χ3v) is 8.28. The van der Waals surface area contributed by atoms with Crippen LogP contribution in [0.5, 0.6) is 0 Å². The van der Waals surface area contributed by atoms with Crippen molar-refractivity contribution in [2.45, 2.75) is 25.8 Å². The molecule has 0 bridgehead atoms. The topological polar surface area (TPSA) is 41.4 Å². The Bertz CT molecular complexity index is 1150. The minimum absolute atomic E-state index is 0.218. The molecule has 5 heterocycles. The Hall–Kier alpha value is -2.61. The van der Waals surface area contributed by atoms with Gasteiger partial charge in [0.05, 0.1) is 42.0 Å². The van der Waals surface area contributed by atoms with Crippen LogP contribution in [0.2, 0.25) is 0 Å². The maximum absolute atomic E-state index is 13.1. The lowest BCUT2D eigenvalue weighted by atomic mass is 10.0. The van der Waals surface area contributed by atoms with Crippen LogP contribution in [-0.4, -0.2) is 68.0 Å². The van der Waals surface area contributed by atoms with Gasteiger partial charge in [0.2, 0.25) is 0 Å². The Morgan fingerprint density at radius 3 is 2.73 bits per heavy atom. The number of aryl methyl sites for hydroxylation is 1. The molecule has 4 aliphatic rings. The number of thioether (sulfide) groups is 1. The van der Waals surface area contributed by atoms with E-state index in [9.17, 15) is 4.79 Å². The van der Waals surface area contributed by atoms with Gasteiger partial charge in [-0.25, -0.2) is 0 Å². The van der Waals surface area contributed by atoms with Gasteiger partial charge in [-0.3, -0.25) is 9.48 Å². The summed E-state index contributed by atoms with van der Waals surface area (Å²) in [7, 11) is 0. The highest BCUT2D eigenvalue weighted by molar-refractivity contribution is 7.99. The minimum Gasteiger partial charge on any atom is -0.329 e. The standard InChI is InChI=1S/C26H30N5OS/c1-20-16-25(21-6-3-2-4-7-21)30(27-20)23-9-11-29(12-10-23)31-14-5-8-24(31)17-22(18-31)26(32)28-13-15-33-19-28/h2-8,14,16-17,23H,9-13,15,18-19H2,1H3/q+1/t31-/m1/s1. The molecule has 1 aromatic carbocycles. The molecular formula is C26H30N5OS+. The van der Waals surface area contributed by atoms with Crippen LogP contribution in [0.25, 0.3) is 11.3 Å². The summed E-state index contributed by atoms with van der Waals surface area (Å²) in [5.74, 6) is 2.09. The molecule has 6 rings (SSSR count). The van der Waals surface area contributed by atoms with Crippen molar-refractivity contribution in [3.05, 3.63) is 77.8 Å². The number of hydrogen-bond acceptors (Lipinski definition) is 4. The molecule has 6 nitrogen and oxygen atoms in total. The quantitative estimate of drug-likeness (QED) is 0.644. The van der Waals surface area contributed by atoms with Gasteiger partial charge in [0, 0.05) is 24.4 Å². The lowest BCUT2D eigenvalue weighted by Gasteiger charge is -2.43. The Labute approximate surface area is 199 Å². The average molecular weight is 461 g/mol. The Balaban J connectivity index is 1.18. The number of amides is 1. The molecule has 4 aliphatic heterocycles. The molecule has 170 valence electrons. The molecule has 0 spiro atoms. The Morgan fingerprint density at radius 1 is 1.15 bits per heavy atom. The molecule has 1 atom stereocenters. The van der Waals surface area contributed by atoms with E-state index in [0.29, 0.717) is 10.6 Å². The van der Waals surface area contributed by atoms with Crippen LogP contribution in [0.4, 0.5) is 0 Å². The zero-order valence-electron chi connectivity index (χ0n) is 19.1. The van der Waals surface area contributed by atoms with E-state index in [2.05, 4.69) is 77.4 Å². The van der Waals surface area contributed by atoms with Gasteiger partial charge in [-0.2, -0.15) is 9.69 Å². The number of aromatic nitrogens is 2. The molecule has 0 aliphatic carbocycles. The average Bonchev–Trinajstić information content (AvgIpc) is 3.62. The zero-order valence-corrected chi connectivity index (χ0v) is 19.9. The molecule has 0 N–H and O–H groups in total. The Morgan fingerprint density at radius 2 is 1.97 bits per heavy atom. The number of benzene rings is 1. The number of quaternary nitrogens is 1. The van der Waals surface area contributed by atoms with E-state index in [1.807, 2.05) is 16.7 Å². The molecule has 2 aromatic rings. The van der Waals surface area contributed by atoms with Crippen molar-refractivity contribution < 1.29 is 9.39 Å². The van der Waals surface area contributed by atoms with Gasteiger partial charge in [0.15, 0.2) is 5.70 Å². The number of hydrogen-bond donors (Lipinski definition) is 0. The lowest BCUT2D eigenvalue weighted by molar-refractivity contribution is -0.949. The van der Waals surface area contributed by atoms with E-state index >= 15 is 0 Å². The Kier molecular flexibility index (Phi) is 5.28. The summed E-state index contributed by atoms with van der Waals surface area (Å²) in [4.78, 5) is 15.1. The third kappa shape index (κ3) is 3.59. The van der Waals surface area contributed by atoms with E-state index in [0.717, 1.165) is 61.9 Å². The molecule has 0 radical (unpaired) electrons. The zero-order chi connectivity index (χ0) is 22.4. The molecular weight excluding hydrogens is 430 g/mol. The predicted octanol–water partition coefficient (Wildman–Crippen LogP) is 4.11. The monoisotopic (exact) mass is 460 g/mol. The third-order valence-electron chi connectivity index (χ3n) is 7.31. The van der Waals surface area contributed by atoms with Crippen LogP contribution >= 0.6 is 11.8 Å². The number of allylic oxidation sites excluding steroid dienone is 3. The largest absolute Gasteiger partial charge is 0.329 e. The van der Waals surface area contributed by atoms with Gasteiger partial charge in [-0.05, 0) is 37.5 Å². The van der Waals surface area contributed by atoms with E-state index in [-0.39, 0.29) is 5.91 Å². The van der Waals surface area contributed by atoms with Gasteiger partial charge in [0.1, 0.15) is 12.7 Å². The number of rotatable bonds is 4. The second-order valence-electron chi connectivity index (χ2n) is 9.36.